The van der Waals surface area contributed by atoms with Gasteiger partial charge in [-0.2, -0.15) is 0 Å². The molecule has 0 heterocycles. The van der Waals surface area contributed by atoms with Crippen molar-refractivity contribution in [1.29, 1.82) is 0 Å². The first-order chi connectivity index (χ1) is 8.19. The number of benzene rings is 1. The lowest BCUT2D eigenvalue weighted by Crippen LogP contribution is -2.43. The molecule has 1 aromatic carbocycles. The number of nitrogens with one attached hydrogen (secondary N) is 1. The van der Waals surface area contributed by atoms with E-state index in [0.717, 1.165) is 6.07 Å². The molecule has 1 rings (SSSR count). The smallest absolute Gasteiger partial charge is 0.243 e. The van der Waals surface area contributed by atoms with Gasteiger partial charge >= 0.3 is 0 Å². The Kier molecular flexibility index (Phi) is 4.68. The van der Waals surface area contributed by atoms with Crippen LogP contribution in [0.4, 0.5) is 4.39 Å². The van der Waals surface area contributed by atoms with E-state index in [1.807, 2.05) is 4.72 Å². The van der Waals surface area contributed by atoms with Crippen LogP contribution in [0.5, 0.6) is 0 Å². The maximum absolute atomic E-state index is 13.5. The second-order valence-electron chi connectivity index (χ2n) is 4.03. The van der Waals surface area contributed by atoms with Crippen molar-refractivity contribution < 1.29 is 23.0 Å². The summed E-state index contributed by atoms with van der Waals surface area (Å²) in [5, 5.41) is 17.9. The lowest BCUT2D eigenvalue weighted by molar-refractivity contribution is 0.00680. The molecule has 0 saturated heterocycles. The Morgan fingerprint density at radius 2 is 2.11 bits per heavy atom. The van der Waals surface area contributed by atoms with Crippen LogP contribution in [0, 0.1) is 5.82 Å². The van der Waals surface area contributed by atoms with E-state index in [1.54, 1.807) is 0 Å². The summed E-state index contributed by atoms with van der Waals surface area (Å²) in [6, 6.07) is 3.57. The van der Waals surface area contributed by atoms with Crippen LogP contribution in [-0.4, -0.2) is 37.4 Å². The third-order valence-electron chi connectivity index (χ3n) is 2.19. The summed E-state index contributed by atoms with van der Waals surface area (Å²) in [7, 11) is -4.14. The number of hydrogen-bond acceptors (Lipinski definition) is 4. The number of sulfonamides is 1. The molecule has 0 saturated carbocycles. The van der Waals surface area contributed by atoms with Gasteiger partial charge < -0.3 is 10.2 Å². The SMILES string of the molecule is CC(O)(CO)CNS(=O)(=O)c1cccc(Cl)c1F. The fourth-order valence-electron chi connectivity index (χ4n) is 1.08. The number of rotatable bonds is 5. The highest BCUT2D eigenvalue weighted by Gasteiger charge is 2.25. The zero-order valence-electron chi connectivity index (χ0n) is 9.52. The first-order valence-corrected chi connectivity index (χ1v) is 6.83. The van der Waals surface area contributed by atoms with E-state index in [4.69, 9.17) is 16.7 Å². The van der Waals surface area contributed by atoms with E-state index < -0.39 is 39.5 Å². The van der Waals surface area contributed by atoms with Gasteiger partial charge in [0.2, 0.25) is 10.0 Å². The van der Waals surface area contributed by atoms with Gasteiger partial charge in [-0.1, -0.05) is 17.7 Å². The van der Waals surface area contributed by atoms with Crippen molar-refractivity contribution >= 4 is 21.6 Å². The van der Waals surface area contributed by atoms with E-state index in [1.165, 1.54) is 19.1 Å². The second kappa shape index (κ2) is 5.50. The zero-order valence-corrected chi connectivity index (χ0v) is 11.1. The largest absolute Gasteiger partial charge is 0.393 e. The van der Waals surface area contributed by atoms with E-state index in [9.17, 15) is 17.9 Å². The number of aliphatic hydroxyl groups is 2. The summed E-state index contributed by atoms with van der Waals surface area (Å²) in [6.45, 7) is 0.162. The van der Waals surface area contributed by atoms with E-state index in [-0.39, 0.29) is 5.02 Å². The lowest BCUT2D eigenvalue weighted by Gasteiger charge is -2.20. The predicted molar refractivity (Wildman–Crippen MR) is 64.3 cm³/mol. The molecular weight excluding hydrogens is 285 g/mol. The lowest BCUT2D eigenvalue weighted by atomic mass is 10.1. The van der Waals surface area contributed by atoms with Crippen LogP contribution < -0.4 is 4.72 Å². The minimum absolute atomic E-state index is 0.313. The maximum atomic E-state index is 13.5. The Morgan fingerprint density at radius 3 is 2.67 bits per heavy atom. The molecule has 0 amide bonds. The molecule has 0 radical (unpaired) electrons. The molecule has 0 spiro atoms. The minimum atomic E-state index is -4.14. The van der Waals surface area contributed by atoms with Crippen LogP contribution in [0.25, 0.3) is 0 Å². The van der Waals surface area contributed by atoms with Crippen molar-refractivity contribution in [3.05, 3.63) is 29.0 Å². The highest BCUT2D eigenvalue weighted by Crippen LogP contribution is 2.21. The standard InChI is InChI=1S/C10H13ClFNO4S/c1-10(15,6-14)5-13-18(16,17)8-4-2-3-7(11)9(8)12/h2-4,13-15H,5-6H2,1H3. The molecular formula is C10H13ClFNO4S. The Balaban J connectivity index is 2.98. The molecule has 5 nitrogen and oxygen atoms in total. The van der Waals surface area contributed by atoms with Crippen LogP contribution in [0.1, 0.15) is 6.92 Å². The summed E-state index contributed by atoms with van der Waals surface area (Å²) in [4.78, 5) is -0.608. The molecule has 1 unspecified atom stereocenters. The van der Waals surface area contributed by atoms with Crippen LogP contribution in [0.3, 0.4) is 0 Å². The molecule has 0 fully saturated rings. The quantitative estimate of drug-likeness (QED) is 0.739. The molecule has 3 N–H and O–H groups in total. The molecule has 0 aliphatic carbocycles. The molecule has 1 atom stereocenters. The molecule has 102 valence electrons. The third kappa shape index (κ3) is 3.63. The highest BCUT2D eigenvalue weighted by atomic mass is 35.5. The highest BCUT2D eigenvalue weighted by molar-refractivity contribution is 7.89. The number of hydrogen-bond donors (Lipinski definition) is 3. The van der Waals surface area contributed by atoms with Crippen molar-refractivity contribution in [1.82, 2.24) is 4.72 Å². The van der Waals surface area contributed by atoms with Crippen molar-refractivity contribution in [2.75, 3.05) is 13.2 Å². The summed E-state index contributed by atoms with van der Waals surface area (Å²) >= 11 is 5.48. The summed E-state index contributed by atoms with van der Waals surface area (Å²) in [5.41, 5.74) is -1.62. The van der Waals surface area contributed by atoms with Gasteiger partial charge in [0, 0.05) is 6.54 Å². The first-order valence-electron chi connectivity index (χ1n) is 4.96. The van der Waals surface area contributed by atoms with Gasteiger partial charge in [-0.3, -0.25) is 0 Å². The number of aliphatic hydroxyl groups excluding tert-OH is 1. The van der Waals surface area contributed by atoms with Gasteiger partial charge in [0.15, 0.2) is 5.82 Å². The van der Waals surface area contributed by atoms with Gasteiger partial charge in [-0.05, 0) is 19.1 Å². The third-order valence-corrected chi connectivity index (χ3v) is 3.90. The van der Waals surface area contributed by atoms with Gasteiger partial charge in [-0.25, -0.2) is 17.5 Å². The Hall–Kier alpha value is -0.730. The average Bonchev–Trinajstić information content (AvgIpc) is 2.30. The normalized spacial score (nSPS) is 15.4. The first kappa shape index (κ1) is 15.3. The maximum Gasteiger partial charge on any atom is 0.243 e. The Bertz CT molecular complexity index is 533. The topological polar surface area (TPSA) is 86.6 Å². The summed E-state index contributed by atoms with van der Waals surface area (Å²) in [5.74, 6) is -1.06. The van der Waals surface area contributed by atoms with Gasteiger partial charge in [0.05, 0.1) is 17.2 Å². The zero-order chi connectivity index (χ0) is 14.0. The second-order valence-corrected chi connectivity index (χ2v) is 6.17. The summed E-state index contributed by atoms with van der Waals surface area (Å²) < 4.78 is 39.1. The van der Waals surface area contributed by atoms with Crippen LogP contribution in [-0.2, 0) is 10.0 Å². The monoisotopic (exact) mass is 297 g/mol. The number of halogens is 2. The molecule has 18 heavy (non-hydrogen) atoms. The van der Waals surface area contributed by atoms with Gasteiger partial charge in [-0.15, -0.1) is 0 Å². The molecule has 8 heteroatoms. The Labute approximate surface area is 109 Å². The van der Waals surface area contributed by atoms with Crippen molar-refractivity contribution in [2.24, 2.45) is 0 Å². The summed E-state index contributed by atoms with van der Waals surface area (Å²) in [6.07, 6.45) is 0. The fourth-order valence-corrected chi connectivity index (χ4v) is 2.57. The van der Waals surface area contributed by atoms with E-state index in [0.29, 0.717) is 0 Å². The molecule has 0 aliphatic rings. The van der Waals surface area contributed by atoms with Gasteiger partial charge in [0.1, 0.15) is 4.90 Å². The van der Waals surface area contributed by atoms with Crippen LogP contribution >= 0.6 is 11.6 Å². The average molecular weight is 298 g/mol. The van der Waals surface area contributed by atoms with E-state index >= 15 is 0 Å². The van der Waals surface area contributed by atoms with Crippen LogP contribution in [0.15, 0.2) is 23.1 Å². The van der Waals surface area contributed by atoms with Crippen molar-refractivity contribution in [2.45, 2.75) is 17.4 Å². The fraction of sp³-hybridized carbons (Fsp3) is 0.400. The van der Waals surface area contributed by atoms with Crippen molar-refractivity contribution in [3.63, 3.8) is 0 Å². The molecule has 0 bridgehead atoms. The van der Waals surface area contributed by atoms with E-state index in [2.05, 4.69) is 0 Å². The minimum Gasteiger partial charge on any atom is -0.393 e. The van der Waals surface area contributed by atoms with Crippen molar-refractivity contribution in [3.8, 4) is 0 Å². The molecule has 0 aliphatic heterocycles. The van der Waals surface area contributed by atoms with Crippen LogP contribution in [0.2, 0.25) is 5.02 Å². The Morgan fingerprint density at radius 1 is 1.50 bits per heavy atom. The van der Waals surface area contributed by atoms with Gasteiger partial charge in [0.25, 0.3) is 0 Å². The predicted octanol–water partition coefficient (Wildman–Crippen LogP) is 0.501. The molecule has 0 aromatic heterocycles. The molecule has 1 aromatic rings.